The third-order valence-electron chi connectivity index (χ3n) is 1.33. The first-order valence-corrected chi connectivity index (χ1v) is 4.73. The molecule has 0 saturated heterocycles. The number of hydrogen-bond donors (Lipinski definition) is 2. The van der Waals surface area contributed by atoms with Crippen molar-refractivity contribution in [3.63, 3.8) is 0 Å². The molecule has 0 aliphatic heterocycles. The first-order valence-electron chi connectivity index (χ1n) is 3.72. The van der Waals surface area contributed by atoms with E-state index in [9.17, 15) is 4.79 Å². The molecule has 0 unspecified atom stereocenters. The van der Waals surface area contributed by atoms with Gasteiger partial charge in [-0.3, -0.25) is 4.79 Å². The van der Waals surface area contributed by atoms with E-state index >= 15 is 0 Å². The fourth-order valence-corrected chi connectivity index (χ4v) is 1.03. The van der Waals surface area contributed by atoms with Crippen LogP contribution in [0.1, 0.15) is 12.0 Å². The Bertz CT molecular complexity index is 402. The Labute approximate surface area is 86.7 Å². The van der Waals surface area contributed by atoms with Crippen molar-refractivity contribution in [3.8, 4) is 11.8 Å². The molecular weight excluding hydrogens is 206 g/mol. The Morgan fingerprint density at radius 3 is 3.00 bits per heavy atom. The van der Waals surface area contributed by atoms with Gasteiger partial charge in [0.2, 0.25) is 0 Å². The van der Waals surface area contributed by atoms with Crippen LogP contribution in [0.3, 0.4) is 0 Å². The number of hydrogen-bond acceptors (Lipinski definition) is 2. The molecule has 0 bridgehead atoms. The van der Waals surface area contributed by atoms with Gasteiger partial charge in [0, 0.05) is 23.9 Å². The standard InChI is InChI=1S/C9H8ClNOS/c10-8-5-7(3-1-2-4-13)6-11-9(8)12/h5-6,13H,2,4H2,(H,11,12). The highest BCUT2D eigenvalue weighted by Gasteiger charge is 1.94. The highest BCUT2D eigenvalue weighted by Crippen LogP contribution is 2.02. The number of pyridine rings is 1. The number of nitrogens with one attached hydrogen (secondary N) is 1. The van der Waals surface area contributed by atoms with Crippen molar-refractivity contribution in [1.29, 1.82) is 0 Å². The molecule has 0 radical (unpaired) electrons. The van der Waals surface area contributed by atoms with E-state index < -0.39 is 0 Å². The number of rotatable bonds is 1. The van der Waals surface area contributed by atoms with Crippen LogP contribution in [-0.2, 0) is 0 Å². The van der Waals surface area contributed by atoms with E-state index in [1.807, 2.05) is 0 Å². The largest absolute Gasteiger partial charge is 0.327 e. The maximum absolute atomic E-state index is 10.9. The van der Waals surface area contributed by atoms with Crippen LogP contribution in [0.25, 0.3) is 0 Å². The minimum atomic E-state index is -0.290. The monoisotopic (exact) mass is 213 g/mol. The van der Waals surface area contributed by atoms with Crippen molar-refractivity contribution in [2.45, 2.75) is 6.42 Å². The lowest BCUT2D eigenvalue weighted by Gasteiger charge is -1.90. The van der Waals surface area contributed by atoms with Gasteiger partial charge in [0.1, 0.15) is 5.02 Å². The highest BCUT2D eigenvalue weighted by atomic mass is 35.5. The molecule has 13 heavy (non-hydrogen) atoms. The van der Waals surface area contributed by atoms with Gasteiger partial charge < -0.3 is 4.98 Å². The van der Waals surface area contributed by atoms with E-state index in [4.69, 9.17) is 11.6 Å². The quantitative estimate of drug-likeness (QED) is 0.540. The summed E-state index contributed by atoms with van der Waals surface area (Å²) in [6.45, 7) is 0. The van der Waals surface area contributed by atoms with Crippen LogP contribution in [0.15, 0.2) is 17.1 Å². The summed E-state index contributed by atoms with van der Waals surface area (Å²) in [6, 6.07) is 1.55. The van der Waals surface area contributed by atoms with Crippen molar-refractivity contribution in [1.82, 2.24) is 4.98 Å². The van der Waals surface area contributed by atoms with Gasteiger partial charge in [0.15, 0.2) is 0 Å². The van der Waals surface area contributed by atoms with Crippen molar-refractivity contribution in [2.24, 2.45) is 0 Å². The number of halogens is 1. The van der Waals surface area contributed by atoms with Crippen molar-refractivity contribution >= 4 is 24.2 Å². The number of H-pyrrole nitrogens is 1. The van der Waals surface area contributed by atoms with Crippen LogP contribution in [-0.4, -0.2) is 10.7 Å². The fourth-order valence-electron chi connectivity index (χ4n) is 0.749. The second-order valence-corrected chi connectivity index (χ2v) is 3.20. The molecule has 1 aromatic heterocycles. The highest BCUT2D eigenvalue weighted by molar-refractivity contribution is 7.80. The molecule has 1 N–H and O–H groups in total. The van der Waals surface area contributed by atoms with Crippen LogP contribution < -0.4 is 5.56 Å². The second kappa shape index (κ2) is 5.00. The zero-order chi connectivity index (χ0) is 9.68. The molecule has 68 valence electrons. The predicted octanol–water partition coefficient (Wildman–Crippen LogP) is 1.70. The SMILES string of the molecule is O=c1[nH]cc(C#CCCS)cc1Cl. The minimum absolute atomic E-state index is 0.165. The maximum atomic E-state index is 10.9. The van der Waals surface area contributed by atoms with E-state index in [1.54, 1.807) is 12.3 Å². The molecule has 4 heteroatoms. The molecule has 0 aliphatic rings. The predicted molar refractivity (Wildman–Crippen MR) is 57.4 cm³/mol. The van der Waals surface area contributed by atoms with E-state index in [0.717, 1.165) is 12.2 Å². The lowest BCUT2D eigenvalue weighted by molar-refractivity contribution is 1.23. The van der Waals surface area contributed by atoms with Crippen molar-refractivity contribution in [3.05, 3.63) is 33.2 Å². The van der Waals surface area contributed by atoms with Gasteiger partial charge in [-0.1, -0.05) is 23.4 Å². The summed E-state index contributed by atoms with van der Waals surface area (Å²) in [6.07, 6.45) is 2.26. The first-order chi connectivity index (χ1) is 6.24. The lowest BCUT2D eigenvalue weighted by atomic mass is 10.3. The topological polar surface area (TPSA) is 32.9 Å². The fraction of sp³-hybridized carbons (Fsp3) is 0.222. The van der Waals surface area contributed by atoms with Crippen LogP contribution >= 0.6 is 24.2 Å². The second-order valence-electron chi connectivity index (χ2n) is 2.34. The van der Waals surface area contributed by atoms with E-state index in [1.165, 1.54) is 0 Å². The molecule has 0 atom stereocenters. The van der Waals surface area contributed by atoms with Crippen molar-refractivity contribution in [2.75, 3.05) is 5.75 Å². The Hall–Kier alpha value is -0.850. The first kappa shape index (κ1) is 10.2. The molecule has 0 spiro atoms. The van der Waals surface area contributed by atoms with Crippen LogP contribution in [0.2, 0.25) is 5.02 Å². The molecule has 0 fully saturated rings. The zero-order valence-corrected chi connectivity index (χ0v) is 8.45. The summed E-state index contributed by atoms with van der Waals surface area (Å²) in [5.41, 5.74) is 0.424. The summed E-state index contributed by atoms with van der Waals surface area (Å²) in [4.78, 5) is 13.3. The normalized spacial score (nSPS) is 9.08. The number of thiol groups is 1. The molecule has 1 rings (SSSR count). The summed E-state index contributed by atoms with van der Waals surface area (Å²) < 4.78 is 0. The summed E-state index contributed by atoms with van der Waals surface area (Å²) in [7, 11) is 0. The Morgan fingerprint density at radius 1 is 1.62 bits per heavy atom. The van der Waals surface area contributed by atoms with Crippen LogP contribution in [0, 0.1) is 11.8 Å². The smallest absolute Gasteiger partial charge is 0.266 e. The third kappa shape index (κ3) is 3.17. The summed E-state index contributed by atoms with van der Waals surface area (Å²) in [5, 5.41) is 0.165. The molecule has 0 aromatic carbocycles. The molecule has 0 aliphatic carbocycles. The van der Waals surface area contributed by atoms with Gasteiger partial charge in [-0.05, 0) is 6.07 Å². The molecular formula is C9H8ClNOS. The Balaban J connectivity index is 2.87. The van der Waals surface area contributed by atoms with Gasteiger partial charge in [-0.25, -0.2) is 0 Å². The van der Waals surface area contributed by atoms with E-state index in [2.05, 4.69) is 29.5 Å². The molecule has 1 aromatic rings. The zero-order valence-electron chi connectivity index (χ0n) is 6.80. The van der Waals surface area contributed by atoms with Gasteiger partial charge in [-0.15, -0.1) is 0 Å². The Kier molecular flexibility index (Phi) is 3.94. The minimum Gasteiger partial charge on any atom is -0.327 e. The van der Waals surface area contributed by atoms with Gasteiger partial charge >= 0.3 is 0 Å². The van der Waals surface area contributed by atoms with Crippen LogP contribution in [0.4, 0.5) is 0 Å². The van der Waals surface area contributed by atoms with E-state index in [-0.39, 0.29) is 10.6 Å². The average molecular weight is 214 g/mol. The number of aromatic nitrogens is 1. The van der Waals surface area contributed by atoms with E-state index in [0.29, 0.717) is 5.56 Å². The molecule has 0 amide bonds. The van der Waals surface area contributed by atoms with Crippen molar-refractivity contribution < 1.29 is 0 Å². The average Bonchev–Trinajstić information content (AvgIpc) is 2.12. The van der Waals surface area contributed by atoms with Gasteiger partial charge in [-0.2, -0.15) is 12.6 Å². The maximum Gasteiger partial charge on any atom is 0.266 e. The lowest BCUT2D eigenvalue weighted by Crippen LogP contribution is -2.04. The summed E-state index contributed by atoms with van der Waals surface area (Å²) >= 11 is 9.62. The molecule has 1 heterocycles. The Morgan fingerprint density at radius 2 is 2.38 bits per heavy atom. The van der Waals surface area contributed by atoms with Crippen LogP contribution in [0.5, 0.6) is 0 Å². The molecule has 2 nitrogen and oxygen atoms in total. The molecule has 0 saturated carbocycles. The number of aromatic amines is 1. The van der Waals surface area contributed by atoms with Gasteiger partial charge in [0.05, 0.1) is 0 Å². The van der Waals surface area contributed by atoms with Gasteiger partial charge in [0.25, 0.3) is 5.56 Å². The summed E-state index contributed by atoms with van der Waals surface area (Å²) in [5.74, 6) is 6.48. The third-order valence-corrected chi connectivity index (χ3v) is 1.83.